The van der Waals surface area contributed by atoms with Gasteiger partial charge in [-0.25, -0.2) is 4.18 Å². The summed E-state index contributed by atoms with van der Waals surface area (Å²) in [6.07, 6.45) is 36.7. The molecule has 1 rings (SSSR count). The van der Waals surface area contributed by atoms with Gasteiger partial charge in [0.05, 0.1) is 19.8 Å². The van der Waals surface area contributed by atoms with Crippen LogP contribution in [0.3, 0.4) is 0 Å². The van der Waals surface area contributed by atoms with Gasteiger partial charge in [0.25, 0.3) is 0 Å². The van der Waals surface area contributed by atoms with E-state index >= 15 is 0 Å². The Kier molecular flexibility index (Phi) is 33.6. The Hall–Kier alpha value is -2.46. The van der Waals surface area contributed by atoms with E-state index in [4.69, 9.17) is 23.5 Å². The molecule has 1 heterocycles. The molecule has 0 amide bonds. The molecule has 0 aliphatic carbocycles. The fourth-order valence-corrected chi connectivity index (χ4v) is 6.59. The van der Waals surface area contributed by atoms with Gasteiger partial charge in [-0.15, -0.1) is 0 Å². The van der Waals surface area contributed by atoms with Gasteiger partial charge < -0.3 is 34.3 Å². The van der Waals surface area contributed by atoms with Crippen molar-refractivity contribution in [3.63, 3.8) is 0 Å². The monoisotopic (exact) mass is 841 g/mol. The van der Waals surface area contributed by atoms with Crippen molar-refractivity contribution in [1.82, 2.24) is 0 Å². The number of rotatable bonds is 36. The van der Waals surface area contributed by atoms with E-state index in [1.807, 2.05) is 0 Å². The minimum atomic E-state index is -5.06. The SMILES string of the molecule is CC/C=C\C/C=C\C/C=C\C/C=C\C/C=C\C/C=C\CCCCCCC(=O)OC(COCCCCCCCCCC)COC1OC(CO)C(O)C(OS(=O)(=O)O)C1O. The Bertz CT molecular complexity index is 1290. The number of unbranched alkanes of at least 4 members (excludes halogenated alkanes) is 11. The van der Waals surface area contributed by atoms with Gasteiger partial charge in [-0.3, -0.25) is 9.35 Å². The molecule has 0 aromatic rings. The number of aliphatic hydroxyl groups excluding tert-OH is 3. The maximum Gasteiger partial charge on any atom is 0.397 e. The second-order valence-corrected chi connectivity index (χ2v) is 15.6. The Morgan fingerprint density at radius 1 is 0.672 bits per heavy atom. The van der Waals surface area contributed by atoms with Crippen LogP contribution in [0.1, 0.15) is 142 Å². The van der Waals surface area contributed by atoms with Crippen molar-refractivity contribution in [3.05, 3.63) is 72.9 Å². The number of hydrogen-bond donors (Lipinski definition) is 4. The normalized spacial score (nSPS) is 21.2. The summed E-state index contributed by atoms with van der Waals surface area (Å²) in [4.78, 5) is 12.8. The van der Waals surface area contributed by atoms with Gasteiger partial charge in [0, 0.05) is 13.0 Å². The first-order valence-corrected chi connectivity index (χ1v) is 23.1. The molecule has 12 nitrogen and oxygen atoms in total. The summed E-state index contributed by atoms with van der Waals surface area (Å²) in [5.74, 6) is -0.428. The van der Waals surface area contributed by atoms with Crippen LogP contribution >= 0.6 is 0 Å². The van der Waals surface area contributed by atoms with Crippen molar-refractivity contribution in [1.29, 1.82) is 0 Å². The summed E-state index contributed by atoms with van der Waals surface area (Å²) >= 11 is 0. The van der Waals surface area contributed by atoms with Crippen molar-refractivity contribution in [2.75, 3.05) is 26.4 Å². The van der Waals surface area contributed by atoms with Gasteiger partial charge in [0.15, 0.2) is 6.29 Å². The fraction of sp³-hybridized carbons (Fsp3) is 0.711. The van der Waals surface area contributed by atoms with Crippen molar-refractivity contribution < 1.29 is 56.2 Å². The topological polar surface area (TPSA) is 178 Å². The average Bonchev–Trinajstić information content (AvgIpc) is 3.19. The number of esters is 1. The van der Waals surface area contributed by atoms with Gasteiger partial charge in [0.1, 0.15) is 30.5 Å². The third kappa shape index (κ3) is 29.7. The van der Waals surface area contributed by atoms with Crippen LogP contribution in [0.25, 0.3) is 0 Å². The standard InChI is InChI=1S/C45H76O12S/c1-3-5-7-9-11-13-14-15-16-17-18-19-20-21-22-23-24-25-26-27-28-30-32-34-41(47)55-39(37-53-35-33-31-29-12-10-8-6-4-2)38-54-45-43(49)44(57-58(50,51)52)42(48)40(36-46)56-45/h5,7,11,13,15-16,18-19,21-22,24-25,39-40,42-46,48-49H,3-4,6,8-10,12,14,17,20,23,26-38H2,1-2H3,(H,50,51,52)/b7-5-,13-11-,16-15-,19-18-,22-21-,25-24-. The maximum atomic E-state index is 12.8. The Morgan fingerprint density at radius 3 is 1.74 bits per heavy atom. The number of aliphatic hydroxyl groups is 3. The van der Waals surface area contributed by atoms with Gasteiger partial charge in [-0.1, -0.05) is 145 Å². The zero-order chi connectivity index (χ0) is 42.5. The lowest BCUT2D eigenvalue weighted by atomic mass is 9.99. The van der Waals surface area contributed by atoms with E-state index < -0.39 is 59.8 Å². The van der Waals surface area contributed by atoms with Crippen LogP contribution in [0, 0.1) is 0 Å². The van der Waals surface area contributed by atoms with Gasteiger partial charge in [-0.2, -0.15) is 8.42 Å². The van der Waals surface area contributed by atoms with Crippen LogP contribution in [0.15, 0.2) is 72.9 Å². The zero-order valence-corrected chi connectivity index (χ0v) is 36.1. The summed E-state index contributed by atoms with van der Waals surface area (Å²) in [6.45, 7) is 3.78. The van der Waals surface area contributed by atoms with Crippen LogP contribution in [0.5, 0.6) is 0 Å². The van der Waals surface area contributed by atoms with E-state index in [1.165, 1.54) is 32.1 Å². The average molecular weight is 841 g/mol. The summed E-state index contributed by atoms with van der Waals surface area (Å²) in [5, 5.41) is 30.6. The predicted octanol–water partition coefficient (Wildman–Crippen LogP) is 8.74. The molecule has 1 aliphatic rings. The van der Waals surface area contributed by atoms with Crippen molar-refractivity contribution >= 4 is 16.4 Å². The van der Waals surface area contributed by atoms with Crippen LogP contribution in [0.4, 0.5) is 0 Å². The van der Waals surface area contributed by atoms with Crippen LogP contribution in [-0.4, -0.2) is 97.5 Å². The Labute approximate surface area is 350 Å². The van der Waals surface area contributed by atoms with Crippen LogP contribution in [0.2, 0.25) is 0 Å². The van der Waals surface area contributed by atoms with Gasteiger partial charge in [0.2, 0.25) is 0 Å². The smallest absolute Gasteiger partial charge is 0.397 e. The molecule has 1 fully saturated rings. The van der Waals surface area contributed by atoms with Gasteiger partial charge >= 0.3 is 16.4 Å². The molecule has 0 saturated carbocycles. The molecular formula is C45H76O12S. The Balaban J connectivity index is 2.40. The summed E-state index contributed by atoms with van der Waals surface area (Å²) in [6, 6.07) is 0. The van der Waals surface area contributed by atoms with Crippen molar-refractivity contribution in [2.24, 2.45) is 0 Å². The molecule has 334 valence electrons. The highest BCUT2D eigenvalue weighted by atomic mass is 32.3. The van der Waals surface area contributed by atoms with Gasteiger partial charge in [-0.05, 0) is 64.2 Å². The second-order valence-electron chi connectivity index (χ2n) is 14.6. The number of ether oxygens (including phenoxy) is 4. The lowest BCUT2D eigenvalue weighted by Crippen LogP contribution is -2.60. The zero-order valence-electron chi connectivity index (χ0n) is 35.3. The molecule has 0 bridgehead atoms. The second kappa shape index (κ2) is 36.4. The minimum Gasteiger partial charge on any atom is -0.457 e. The first-order valence-electron chi connectivity index (χ1n) is 21.7. The number of allylic oxidation sites excluding steroid dienone is 12. The summed E-state index contributed by atoms with van der Waals surface area (Å²) in [5.41, 5.74) is 0. The van der Waals surface area contributed by atoms with E-state index in [1.54, 1.807) is 0 Å². The molecule has 4 N–H and O–H groups in total. The molecular weight excluding hydrogens is 765 g/mol. The summed E-state index contributed by atoms with van der Waals surface area (Å²) in [7, 11) is -5.06. The molecule has 6 unspecified atom stereocenters. The summed E-state index contributed by atoms with van der Waals surface area (Å²) < 4.78 is 58.8. The molecule has 6 atom stereocenters. The molecule has 0 aromatic heterocycles. The lowest BCUT2D eigenvalue weighted by Gasteiger charge is -2.41. The third-order valence-electron chi connectivity index (χ3n) is 9.34. The molecule has 1 aliphatic heterocycles. The van der Waals surface area contributed by atoms with E-state index in [0.717, 1.165) is 83.5 Å². The number of hydrogen-bond acceptors (Lipinski definition) is 11. The number of carbonyl (C=O) groups is 1. The fourth-order valence-electron chi connectivity index (χ4n) is 6.09. The Morgan fingerprint density at radius 2 is 1.19 bits per heavy atom. The first kappa shape index (κ1) is 53.6. The van der Waals surface area contributed by atoms with E-state index in [2.05, 4.69) is 90.9 Å². The number of carbonyl (C=O) groups excluding carboxylic acids is 1. The quantitative estimate of drug-likeness (QED) is 0.0204. The van der Waals surface area contributed by atoms with Crippen LogP contribution in [-0.2, 0) is 38.3 Å². The van der Waals surface area contributed by atoms with Crippen molar-refractivity contribution in [2.45, 2.75) is 179 Å². The largest absolute Gasteiger partial charge is 0.457 e. The van der Waals surface area contributed by atoms with Crippen molar-refractivity contribution in [3.8, 4) is 0 Å². The molecule has 0 spiro atoms. The minimum absolute atomic E-state index is 0.0218. The maximum absolute atomic E-state index is 12.8. The van der Waals surface area contributed by atoms with E-state index in [-0.39, 0.29) is 19.6 Å². The third-order valence-corrected chi connectivity index (χ3v) is 9.81. The molecule has 13 heteroatoms. The highest BCUT2D eigenvalue weighted by molar-refractivity contribution is 7.80. The lowest BCUT2D eigenvalue weighted by molar-refractivity contribution is -0.301. The molecule has 0 radical (unpaired) electrons. The highest BCUT2D eigenvalue weighted by Crippen LogP contribution is 2.26. The first-order chi connectivity index (χ1) is 28.1. The highest BCUT2D eigenvalue weighted by Gasteiger charge is 2.48. The van der Waals surface area contributed by atoms with Crippen LogP contribution < -0.4 is 0 Å². The molecule has 1 saturated heterocycles. The van der Waals surface area contributed by atoms with E-state index in [9.17, 15) is 28.5 Å². The van der Waals surface area contributed by atoms with E-state index in [0.29, 0.717) is 13.0 Å². The predicted molar refractivity (Wildman–Crippen MR) is 229 cm³/mol. The molecule has 0 aromatic carbocycles. The molecule has 58 heavy (non-hydrogen) atoms.